The number of carbonyl (C=O) groups is 1. The molecule has 0 radical (unpaired) electrons. The lowest BCUT2D eigenvalue weighted by atomic mass is 10.1. The van der Waals surface area contributed by atoms with E-state index >= 15 is 0 Å². The fourth-order valence-electron chi connectivity index (χ4n) is 1.15. The van der Waals surface area contributed by atoms with E-state index in [1.54, 1.807) is 6.07 Å². The maximum absolute atomic E-state index is 10.8. The molecule has 0 fully saturated rings. The maximum atomic E-state index is 10.8. The van der Waals surface area contributed by atoms with Gasteiger partial charge in [0.25, 0.3) is 0 Å². The summed E-state index contributed by atoms with van der Waals surface area (Å²) in [5, 5.41) is 25.0. The van der Waals surface area contributed by atoms with Crippen molar-refractivity contribution in [3.05, 3.63) is 29.3 Å². The molecule has 7 nitrogen and oxygen atoms in total. The molecule has 0 saturated heterocycles. The van der Waals surface area contributed by atoms with Gasteiger partial charge in [0.05, 0.1) is 0 Å². The molecule has 0 saturated carbocycles. The smallest absolute Gasteiger partial charge is 0.339 e. The summed E-state index contributed by atoms with van der Waals surface area (Å²) in [5.74, 6) is 3.40. The van der Waals surface area contributed by atoms with E-state index in [0.29, 0.717) is 6.42 Å². The van der Waals surface area contributed by atoms with Gasteiger partial charge in [0.15, 0.2) is 0 Å². The number of aromatic carboxylic acids is 1. The van der Waals surface area contributed by atoms with E-state index in [-0.39, 0.29) is 11.3 Å². The Hall–Kier alpha value is -2.57. The number of carboxylic acid groups (broad SMARTS) is 1. The van der Waals surface area contributed by atoms with Crippen LogP contribution in [0.25, 0.3) is 0 Å². The van der Waals surface area contributed by atoms with Crippen molar-refractivity contribution >= 4 is 18.5 Å². The lowest BCUT2D eigenvalue weighted by Gasteiger charge is -2.01. The van der Waals surface area contributed by atoms with Crippen LogP contribution in [0.1, 0.15) is 15.9 Å². The van der Waals surface area contributed by atoms with Crippen molar-refractivity contribution in [2.45, 2.75) is 6.42 Å². The number of carboxylic acids is 1. The SMILES string of the molecule is NN=CNN=CCc1ccc(O)c(C(=O)O)c1. The van der Waals surface area contributed by atoms with Gasteiger partial charge in [0.2, 0.25) is 0 Å². The van der Waals surface area contributed by atoms with E-state index in [9.17, 15) is 9.90 Å². The molecule has 90 valence electrons. The number of phenols is 1. The topological polar surface area (TPSA) is 120 Å². The van der Waals surface area contributed by atoms with Gasteiger partial charge in [-0.05, 0) is 17.7 Å². The first kappa shape index (κ1) is 12.5. The monoisotopic (exact) mass is 236 g/mol. The summed E-state index contributed by atoms with van der Waals surface area (Å²) < 4.78 is 0. The van der Waals surface area contributed by atoms with Gasteiger partial charge >= 0.3 is 5.97 Å². The number of nitrogens with two attached hydrogens (primary N) is 1. The first-order valence-corrected chi connectivity index (χ1v) is 4.69. The van der Waals surface area contributed by atoms with Crippen LogP contribution in [0.4, 0.5) is 0 Å². The molecule has 0 spiro atoms. The van der Waals surface area contributed by atoms with Crippen LogP contribution in [0, 0.1) is 0 Å². The van der Waals surface area contributed by atoms with Crippen molar-refractivity contribution in [2.75, 3.05) is 0 Å². The zero-order chi connectivity index (χ0) is 12.7. The molecule has 1 aromatic carbocycles. The van der Waals surface area contributed by atoms with Crippen molar-refractivity contribution in [3.63, 3.8) is 0 Å². The maximum Gasteiger partial charge on any atom is 0.339 e. The molecule has 0 amide bonds. The Bertz CT molecular complexity index is 457. The van der Waals surface area contributed by atoms with Gasteiger partial charge in [-0.2, -0.15) is 10.2 Å². The third kappa shape index (κ3) is 3.82. The highest BCUT2D eigenvalue weighted by molar-refractivity contribution is 5.91. The Balaban J connectivity index is 2.69. The fraction of sp³-hybridized carbons (Fsp3) is 0.100. The van der Waals surface area contributed by atoms with Gasteiger partial charge in [0, 0.05) is 12.6 Å². The highest BCUT2D eigenvalue weighted by Crippen LogP contribution is 2.18. The van der Waals surface area contributed by atoms with Gasteiger partial charge in [-0.1, -0.05) is 6.07 Å². The molecular weight excluding hydrogens is 224 g/mol. The Morgan fingerprint density at radius 1 is 1.53 bits per heavy atom. The number of hydrogen-bond acceptors (Lipinski definition) is 5. The zero-order valence-corrected chi connectivity index (χ0v) is 8.87. The van der Waals surface area contributed by atoms with Gasteiger partial charge in [-0.15, -0.1) is 0 Å². The molecule has 5 N–H and O–H groups in total. The minimum absolute atomic E-state index is 0.132. The van der Waals surface area contributed by atoms with Crippen molar-refractivity contribution in [1.29, 1.82) is 0 Å². The largest absolute Gasteiger partial charge is 0.507 e. The van der Waals surface area contributed by atoms with Crippen LogP contribution in [0.3, 0.4) is 0 Å². The van der Waals surface area contributed by atoms with E-state index < -0.39 is 5.97 Å². The molecule has 0 heterocycles. The quantitative estimate of drug-likeness (QED) is 0.250. The summed E-state index contributed by atoms with van der Waals surface area (Å²) in [4.78, 5) is 10.8. The summed E-state index contributed by atoms with van der Waals surface area (Å²) in [7, 11) is 0. The predicted octanol–water partition coefficient (Wildman–Crippen LogP) is 0.110. The minimum Gasteiger partial charge on any atom is -0.507 e. The van der Waals surface area contributed by atoms with E-state index in [0.717, 1.165) is 5.56 Å². The van der Waals surface area contributed by atoms with Crippen LogP contribution in [-0.4, -0.2) is 28.7 Å². The number of rotatable bonds is 5. The third-order valence-corrected chi connectivity index (χ3v) is 1.92. The van der Waals surface area contributed by atoms with Crippen LogP contribution in [-0.2, 0) is 6.42 Å². The molecule has 1 aromatic rings. The number of nitrogens with zero attached hydrogens (tertiary/aromatic N) is 2. The van der Waals surface area contributed by atoms with Crippen LogP contribution in [0.5, 0.6) is 5.75 Å². The Morgan fingerprint density at radius 2 is 2.29 bits per heavy atom. The predicted molar refractivity (Wildman–Crippen MR) is 63.1 cm³/mol. The number of nitrogens with one attached hydrogen (secondary N) is 1. The van der Waals surface area contributed by atoms with E-state index in [1.807, 2.05) is 0 Å². The Kier molecular flexibility index (Phi) is 4.49. The summed E-state index contributed by atoms with van der Waals surface area (Å²) in [6.07, 6.45) is 3.15. The van der Waals surface area contributed by atoms with Crippen molar-refractivity contribution < 1.29 is 15.0 Å². The summed E-state index contributed by atoms with van der Waals surface area (Å²) >= 11 is 0. The number of hydrazone groups is 2. The second-order valence-corrected chi connectivity index (χ2v) is 3.08. The van der Waals surface area contributed by atoms with Crippen molar-refractivity contribution in [2.24, 2.45) is 16.0 Å². The standard InChI is InChI=1S/C10H12N4O3/c11-12-6-14-13-4-3-7-1-2-9(15)8(5-7)10(16)17/h1-2,4-6,15H,3,11H2,(H,12,14)(H,16,17). The van der Waals surface area contributed by atoms with Gasteiger partial charge in [0.1, 0.15) is 17.7 Å². The Morgan fingerprint density at radius 3 is 2.94 bits per heavy atom. The van der Waals surface area contributed by atoms with Crippen molar-refractivity contribution in [3.8, 4) is 5.75 Å². The van der Waals surface area contributed by atoms with Crippen LogP contribution in [0.15, 0.2) is 28.4 Å². The number of benzene rings is 1. The van der Waals surface area contributed by atoms with E-state index in [1.165, 1.54) is 24.7 Å². The molecule has 0 aliphatic carbocycles. The fourth-order valence-corrected chi connectivity index (χ4v) is 1.15. The van der Waals surface area contributed by atoms with E-state index in [4.69, 9.17) is 10.9 Å². The molecule has 0 aromatic heterocycles. The normalized spacial score (nSPS) is 11.1. The van der Waals surface area contributed by atoms with Gasteiger partial charge in [-0.3, -0.25) is 5.43 Å². The second kappa shape index (κ2) is 6.11. The van der Waals surface area contributed by atoms with Gasteiger partial charge in [-0.25, -0.2) is 4.79 Å². The molecule has 7 heteroatoms. The summed E-state index contributed by atoms with van der Waals surface area (Å²) in [6, 6.07) is 4.34. The summed E-state index contributed by atoms with van der Waals surface area (Å²) in [5.41, 5.74) is 3.03. The average Bonchev–Trinajstić information content (AvgIpc) is 2.30. The lowest BCUT2D eigenvalue weighted by Crippen LogP contribution is -2.04. The van der Waals surface area contributed by atoms with Crippen LogP contribution in [0.2, 0.25) is 0 Å². The minimum atomic E-state index is -1.17. The second-order valence-electron chi connectivity index (χ2n) is 3.08. The first-order chi connectivity index (χ1) is 8.15. The Labute approximate surface area is 97.3 Å². The average molecular weight is 236 g/mol. The molecule has 17 heavy (non-hydrogen) atoms. The van der Waals surface area contributed by atoms with Crippen LogP contribution >= 0.6 is 0 Å². The zero-order valence-electron chi connectivity index (χ0n) is 8.87. The van der Waals surface area contributed by atoms with Crippen LogP contribution < -0.4 is 11.3 Å². The molecule has 1 rings (SSSR count). The molecule has 0 bridgehead atoms. The number of hydrogen-bond donors (Lipinski definition) is 4. The highest BCUT2D eigenvalue weighted by Gasteiger charge is 2.09. The first-order valence-electron chi connectivity index (χ1n) is 4.69. The third-order valence-electron chi connectivity index (χ3n) is 1.92. The van der Waals surface area contributed by atoms with E-state index in [2.05, 4.69) is 15.6 Å². The molecule has 0 aliphatic heterocycles. The molecular formula is C10H12N4O3. The van der Waals surface area contributed by atoms with Crippen molar-refractivity contribution in [1.82, 2.24) is 5.43 Å². The number of aromatic hydroxyl groups is 1. The molecule has 0 atom stereocenters. The molecule has 0 aliphatic rings. The molecule has 0 unspecified atom stereocenters. The summed E-state index contributed by atoms with van der Waals surface area (Å²) in [6.45, 7) is 0. The highest BCUT2D eigenvalue weighted by atomic mass is 16.4. The lowest BCUT2D eigenvalue weighted by molar-refractivity contribution is 0.0693. The van der Waals surface area contributed by atoms with Gasteiger partial charge < -0.3 is 16.1 Å².